The number of aromatic nitrogens is 1. The molecule has 186 valence electrons. The maximum atomic E-state index is 13.0. The van der Waals surface area contributed by atoms with Crippen LogP contribution < -0.4 is 14.8 Å². The summed E-state index contributed by atoms with van der Waals surface area (Å²) in [6, 6.07) is 8.68. The van der Waals surface area contributed by atoms with Crippen molar-refractivity contribution in [3.8, 4) is 11.5 Å². The van der Waals surface area contributed by atoms with E-state index in [1.54, 1.807) is 47.6 Å². The number of hydrogen-bond acceptors (Lipinski definition) is 8. The summed E-state index contributed by atoms with van der Waals surface area (Å²) in [6.07, 6.45) is 5.25. The molecule has 10 heteroatoms. The van der Waals surface area contributed by atoms with Crippen LogP contribution in [0.4, 0.5) is 0 Å². The average Bonchev–Trinajstić information content (AvgIpc) is 2.88. The third-order valence-electron chi connectivity index (χ3n) is 6.27. The lowest BCUT2D eigenvalue weighted by molar-refractivity contribution is -0.139. The van der Waals surface area contributed by atoms with Gasteiger partial charge in [0.25, 0.3) is 0 Å². The van der Waals surface area contributed by atoms with E-state index in [0.29, 0.717) is 41.8 Å². The lowest BCUT2D eigenvalue weighted by Crippen LogP contribution is -2.56. The first-order chi connectivity index (χ1) is 17.0. The molecule has 0 radical (unpaired) electrons. The zero-order valence-electron chi connectivity index (χ0n) is 19.5. The summed E-state index contributed by atoms with van der Waals surface area (Å²) < 4.78 is 11.1. The van der Waals surface area contributed by atoms with Gasteiger partial charge in [-0.15, -0.1) is 0 Å². The van der Waals surface area contributed by atoms with E-state index in [0.717, 1.165) is 32.5 Å². The molecule has 1 aromatic carbocycles. The molecule has 2 aliphatic heterocycles. The fourth-order valence-electron chi connectivity index (χ4n) is 4.38. The van der Waals surface area contributed by atoms with E-state index in [9.17, 15) is 14.4 Å². The van der Waals surface area contributed by atoms with Crippen LogP contribution in [0, 0.1) is 0 Å². The van der Waals surface area contributed by atoms with E-state index in [2.05, 4.69) is 15.2 Å². The summed E-state index contributed by atoms with van der Waals surface area (Å²) >= 11 is 0. The quantitative estimate of drug-likeness (QED) is 0.481. The number of nitrogens with zero attached hydrogens (tertiary/aromatic N) is 3. The number of nitrogens with one attached hydrogen (secondary N) is 1. The highest BCUT2D eigenvalue weighted by atomic mass is 16.5. The predicted molar refractivity (Wildman–Crippen MR) is 127 cm³/mol. The zero-order valence-corrected chi connectivity index (χ0v) is 19.5. The predicted octanol–water partition coefficient (Wildman–Crippen LogP) is 1.20. The Hall–Kier alpha value is -3.50. The molecule has 2 aliphatic rings. The van der Waals surface area contributed by atoms with Gasteiger partial charge in [-0.05, 0) is 56.3 Å². The smallest absolute Gasteiger partial charge is 0.341 e. The van der Waals surface area contributed by atoms with Gasteiger partial charge in [-0.2, -0.15) is 0 Å². The van der Waals surface area contributed by atoms with Crippen LogP contribution in [0.15, 0.2) is 42.7 Å². The first-order valence-electron chi connectivity index (χ1n) is 11.8. The largest absolute Gasteiger partial charge is 0.487 e. The van der Waals surface area contributed by atoms with Crippen molar-refractivity contribution >= 4 is 17.7 Å². The van der Waals surface area contributed by atoms with Gasteiger partial charge in [-0.1, -0.05) is 0 Å². The molecule has 10 nitrogen and oxygen atoms in total. The van der Waals surface area contributed by atoms with Crippen LogP contribution in [0.1, 0.15) is 28.8 Å². The Kier molecular flexibility index (Phi) is 8.27. The van der Waals surface area contributed by atoms with Gasteiger partial charge in [0, 0.05) is 36.5 Å². The third kappa shape index (κ3) is 6.77. The van der Waals surface area contributed by atoms with Crippen molar-refractivity contribution in [2.24, 2.45) is 0 Å². The van der Waals surface area contributed by atoms with Crippen molar-refractivity contribution in [3.63, 3.8) is 0 Å². The minimum Gasteiger partial charge on any atom is -0.487 e. The Balaban J connectivity index is 1.40. The molecular formula is C25H30N4O6. The standard InChI is InChI=1S/C25H30N4O6/c30-22(14-29-11-10-28(15-24(29)31)20-5-8-26-9-6-20)18-3-4-23(35-17-25(32)33)19(12-18)16-34-21-2-1-7-27-13-21/h1-4,7,12-13,20,26H,5-6,8-11,14-17H2,(H,32,33). The Labute approximate surface area is 203 Å². The van der Waals surface area contributed by atoms with E-state index >= 15 is 0 Å². The molecule has 2 fully saturated rings. The summed E-state index contributed by atoms with van der Waals surface area (Å²) in [4.78, 5) is 44.6. The van der Waals surface area contributed by atoms with Gasteiger partial charge in [0.1, 0.15) is 18.1 Å². The maximum absolute atomic E-state index is 13.0. The van der Waals surface area contributed by atoms with E-state index in [-0.39, 0.29) is 24.8 Å². The van der Waals surface area contributed by atoms with Crippen LogP contribution in [0.3, 0.4) is 0 Å². The summed E-state index contributed by atoms with van der Waals surface area (Å²) in [5.41, 5.74) is 0.939. The Morgan fingerprint density at radius 3 is 2.69 bits per heavy atom. The molecule has 0 unspecified atom stereocenters. The number of benzene rings is 1. The van der Waals surface area contributed by atoms with Crippen molar-refractivity contribution in [1.29, 1.82) is 0 Å². The van der Waals surface area contributed by atoms with E-state index in [1.165, 1.54) is 0 Å². The van der Waals surface area contributed by atoms with E-state index in [4.69, 9.17) is 14.6 Å². The number of ketones is 1. The number of carboxylic acid groups (broad SMARTS) is 1. The molecule has 3 heterocycles. The molecule has 0 spiro atoms. The van der Waals surface area contributed by atoms with Crippen molar-refractivity contribution in [1.82, 2.24) is 20.1 Å². The third-order valence-corrected chi connectivity index (χ3v) is 6.27. The second-order valence-corrected chi connectivity index (χ2v) is 8.67. The maximum Gasteiger partial charge on any atom is 0.341 e. The molecule has 4 rings (SSSR count). The Morgan fingerprint density at radius 2 is 1.97 bits per heavy atom. The number of carboxylic acids is 1. The molecule has 2 aromatic rings. The van der Waals surface area contributed by atoms with Crippen molar-refractivity contribution in [2.45, 2.75) is 25.5 Å². The van der Waals surface area contributed by atoms with E-state index in [1.807, 2.05) is 0 Å². The number of hydrogen-bond donors (Lipinski definition) is 2. The van der Waals surface area contributed by atoms with Gasteiger partial charge < -0.3 is 24.8 Å². The molecule has 2 N–H and O–H groups in total. The number of amides is 1. The molecule has 1 aromatic heterocycles. The first-order valence-corrected chi connectivity index (χ1v) is 11.8. The summed E-state index contributed by atoms with van der Waals surface area (Å²) in [5.74, 6) is -0.484. The fourth-order valence-corrected chi connectivity index (χ4v) is 4.38. The highest BCUT2D eigenvalue weighted by Gasteiger charge is 2.30. The monoisotopic (exact) mass is 482 g/mol. The van der Waals surface area contributed by atoms with Crippen molar-refractivity contribution < 1.29 is 29.0 Å². The SMILES string of the molecule is O=C(O)COc1ccc(C(=O)CN2CCN(C3CCNCC3)CC2=O)cc1COc1cccnc1. The summed E-state index contributed by atoms with van der Waals surface area (Å²) in [5, 5.41) is 12.3. The van der Waals surface area contributed by atoms with Crippen LogP contribution in [0.2, 0.25) is 0 Å². The average molecular weight is 483 g/mol. The number of piperazine rings is 1. The number of carbonyl (C=O) groups excluding carboxylic acids is 2. The number of piperidine rings is 1. The van der Waals surface area contributed by atoms with Gasteiger partial charge in [0.05, 0.1) is 19.3 Å². The van der Waals surface area contributed by atoms with Gasteiger partial charge in [-0.25, -0.2) is 4.79 Å². The van der Waals surface area contributed by atoms with Crippen LogP contribution in [0.5, 0.6) is 11.5 Å². The Morgan fingerprint density at radius 1 is 1.14 bits per heavy atom. The molecule has 0 saturated carbocycles. The van der Waals surface area contributed by atoms with Crippen LogP contribution >= 0.6 is 0 Å². The molecular weight excluding hydrogens is 452 g/mol. The topological polar surface area (TPSA) is 121 Å². The van der Waals surface area contributed by atoms with E-state index < -0.39 is 12.6 Å². The minimum absolute atomic E-state index is 0.00285. The number of carbonyl (C=O) groups is 3. The number of ether oxygens (including phenoxy) is 2. The number of pyridine rings is 1. The second-order valence-electron chi connectivity index (χ2n) is 8.67. The minimum atomic E-state index is -1.11. The molecule has 35 heavy (non-hydrogen) atoms. The van der Waals surface area contributed by atoms with Crippen LogP contribution in [-0.2, 0) is 16.2 Å². The van der Waals surface area contributed by atoms with Crippen LogP contribution in [-0.4, -0.2) is 89.5 Å². The first kappa shape index (κ1) is 24.6. The molecule has 2 saturated heterocycles. The number of Topliss-reactive ketones (excluding diaryl/α,β-unsaturated/α-hetero) is 1. The number of rotatable bonds is 10. The fraction of sp³-hybridized carbons (Fsp3) is 0.440. The normalized spacial score (nSPS) is 17.3. The number of aliphatic carboxylic acids is 1. The van der Waals surface area contributed by atoms with Gasteiger partial charge in [-0.3, -0.25) is 19.5 Å². The van der Waals surface area contributed by atoms with Gasteiger partial charge in [0.2, 0.25) is 5.91 Å². The van der Waals surface area contributed by atoms with Crippen molar-refractivity contribution in [3.05, 3.63) is 53.9 Å². The summed E-state index contributed by atoms with van der Waals surface area (Å²) in [7, 11) is 0. The highest BCUT2D eigenvalue weighted by molar-refractivity contribution is 5.99. The molecule has 0 aliphatic carbocycles. The van der Waals surface area contributed by atoms with Crippen LogP contribution in [0.25, 0.3) is 0 Å². The highest BCUT2D eigenvalue weighted by Crippen LogP contribution is 2.23. The van der Waals surface area contributed by atoms with Gasteiger partial charge >= 0.3 is 5.97 Å². The summed E-state index contributed by atoms with van der Waals surface area (Å²) in [6.45, 7) is 3.11. The lowest BCUT2D eigenvalue weighted by Gasteiger charge is -2.40. The lowest BCUT2D eigenvalue weighted by atomic mass is 10.0. The molecule has 0 atom stereocenters. The van der Waals surface area contributed by atoms with Gasteiger partial charge in [0.15, 0.2) is 12.4 Å². The molecule has 0 bridgehead atoms. The van der Waals surface area contributed by atoms with Crippen molar-refractivity contribution in [2.75, 3.05) is 45.9 Å². The Bertz CT molecular complexity index is 1040. The zero-order chi connectivity index (χ0) is 24.6. The second kappa shape index (κ2) is 11.8. The molecule has 1 amide bonds.